The van der Waals surface area contributed by atoms with Gasteiger partial charge in [-0.05, 0) is 0 Å². The topological polar surface area (TPSA) is 82.6 Å². The van der Waals surface area contributed by atoms with E-state index in [-0.39, 0.29) is 11.3 Å². The van der Waals surface area contributed by atoms with Gasteiger partial charge in [0, 0.05) is 12.1 Å². The lowest BCUT2D eigenvalue weighted by Gasteiger charge is -2.01. The molecule has 72 valence electrons. The Hall–Kier alpha value is -2.18. The predicted octanol–water partition coefficient (Wildman–Crippen LogP) is 0.646. The van der Waals surface area contributed by atoms with Crippen LogP contribution < -0.4 is 4.74 Å². The molecule has 0 bridgehead atoms. The maximum Gasteiger partial charge on any atom is 0.314 e. The van der Waals surface area contributed by atoms with Gasteiger partial charge in [-0.25, -0.2) is 4.98 Å². The second-order valence-corrected chi connectivity index (χ2v) is 2.51. The molecule has 2 aromatic heterocycles. The summed E-state index contributed by atoms with van der Waals surface area (Å²) in [5.74, 6) is 0.406. The van der Waals surface area contributed by atoms with E-state index in [9.17, 15) is 10.1 Å². The van der Waals surface area contributed by atoms with Crippen LogP contribution in [0.3, 0.4) is 0 Å². The summed E-state index contributed by atoms with van der Waals surface area (Å²) in [6, 6.07) is 2.81. The Morgan fingerprint density at radius 1 is 1.57 bits per heavy atom. The van der Waals surface area contributed by atoms with E-state index in [1.165, 1.54) is 30.1 Å². The van der Waals surface area contributed by atoms with Crippen LogP contribution in [0.15, 0.2) is 18.5 Å². The molecule has 0 unspecified atom stereocenters. The minimum Gasteiger partial charge on any atom is -0.481 e. The van der Waals surface area contributed by atoms with Crippen molar-refractivity contribution in [3.63, 3.8) is 0 Å². The molecule has 0 N–H and O–H groups in total. The minimum atomic E-state index is -0.510. The third-order valence-corrected chi connectivity index (χ3v) is 1.78. The molecular formula is C7H6N4O3. The zero-order valence-corrected chi connectivity index (χ0v) is 7.25. The summed E-state index contributed by atoms with van der Waals surface area (Å²) in [6.45, 7) is 0. The van der Waals surface area contributed by atoms with Crippen molar-refractivity contribution >= 4 is 11.3 Å². The van der Waals surface area contributed by atoms with Gasteiger partial charge in [-0.2, -0.15) is 9.61 Å². The number of methoxy groups -OCH3 is 1. The number of fused-ring (bicyclic) bond motifs is 1. The zero-order chi connectivity index (χ0) is 10.1. The van der Waals surface area contributed by atoms with Crippen molar-refractivity contribution in [2.45, 2.75) is 0 Å². The molecule has 2 aromatic rings. The van der Waals surface area contributed by atoms with Crippen molar-refractivity contribution in [1.29, 1.82) is 0 Å². The summed E-state index contributed by atoms with van der Waals surface area (Å²) in [6.07, 6.45) is 1.24. The number of rotatable bonds is 2. The highest BCUT2D eigenvalue weighted by Gasteiger charge is 2.16. The first-order chi connectivity index (χ1) is 6.74. The molecule has 7 heteroatoms. The van der Waals surface area contributed by atoms with E-state index in [0.29, 0.717) is 5.88 Å². The molecule has 0 fully saturated rings. The summed E-state index contributed by atoms with van der Waals surface area (Å²) >= 11 is 0. The number of nitro groups is 1. The molecule has 0 amide bonds. The van der Waals surface area contributed by atoms with E-state index in [1.54, 1.807) is 0 Å². The van der Waals surface area contributed by atoms with Crippen LogP contribution in [0.5, 0.6) is 5.88 Å². The summed E-state index contributed by atoms with van der Waals surface area (Å²) in [7, 11) is 1.46. The highest BCUT2D eigenvalue weighted by molar-refractivity contribution is 5.59. The fourth-order valence-electron chi connectivity index (χ4n) is 1.17. The normalized spacial score (nSPS) is 10.4. The number of pyridine rings is 1. The van der Waals surface area contributed by atoms with Gasteiger partial charge in [-0.15, -0.1) is 0 Å². The van der Waals surface area contributed by atoms with Crippen LogP contribution in [-0.4, -0.2) is 26.6 Å². The van der Waals surface area contributed by atoms with Crippen molar-refractivity contribution in [3.8, 4) is 5.88 Å². The van der Waals surface area contributed by atoms with Crippen LogP contribution in [-0.2, 0) is 0 Å². The summed E-state index contributed by atoms with van der Waals surface area (Å²) in [5, 5.41) is 14.4. The van der Waals surface area contributed by atoms with E-state index >= 15 is 0 Å². The van der Waals surface area contributed by atoms with Crippen LogP contribution in [0.25, 0.3) is 5.65 Å². The molecule has 0 radical (unpaired) electrons. The molecule has 14 heavy (non-hydrogen) atoms. The largest absolute Gasteiger partial charge is 0.481 e. The van der Waals surface area contributed by atoms with E-state index in [0.717, 1.165) is 0 Å². The van der Waals surface area contributed by atoms with Gasteiger partial charge in [0.1, 0.15) is 6.33 Å². The Bertz CT molecular complexity index is 493. The first kappa shape index (κ1) is 8.42. The number of aromatic nitrogens is 3. The van der Waals surface area contributed by atoms with Gasteiger partial charge in [0.05, 0.1) is 12.0 Å². The molecule has 0 aromatic carbocycles. The summed E-state index contributed by atoms with van der Waals surface area (Å²) < 4.78 is 6.23. The van der Waals surface area contributed by atoms with Crippen LogP contribution in [0, 0.1) is 10.1 Å². The van der Waals surface area contributed by atoms with Gasteiger partial charge in [0.2, 0.25) is 11.5 Å². The molecule has 2 heterocycles. The third kappa shape index (κ3) is 1.06. The lowest BCUT2D eigenvalue weighted by atomic mass is 10.4. The average molecular weight is 194 g/mol. The van der Waals surface area contributed by atoms with Crippen LogP contribution >= 0.6 is 0 Å². The van der Waals surface area contributed by atoms with Gasteiger partial charge in [-0.3, -0.25) is 10.1 Å². The Balaban J connectivity index is 2.78. The van der Waals surface area contributed by atoms with Gasteiger partial charge in [0.25, 0.3) is 0 Å². The highest BCUT2D eigenvalue weighted by atomic mass is 16.6. The molecule has 0 spiro atoms. The van der Waals surface area contributed by atoms with Crippen molar-refractivity contribution in [3.05, 3.63) is 28.6 Å². The average Bonchev–Trinajstić information content (AvgIpc) is 2.64. The number of hydrogen-bond donors (Lipinski definition) is 0. The smallest absolute Gasteiger partial charge is 0.314 e. The second-order valence-electron chi connectivity index (χ2n) is 2.51. The first-order valence-corrected chi connectivity index (χ1v) is 3.75. The van der Waals surface area contributed by atoms with Crippen molar-refractivity contribution in [2.75, 3.05) is 7.11 Å². The van der Waals surface area contributed by atoms with Crippen LogP contribution in [0.2, 0.25) is 0 Å². The summed E-state index contributed by atoms with van der Waals surface area (Å²) in [5.41, 5.74) is 0.0812. The van der Waals surface area contributed by atoms with Gasteiger partial charge < -0.3 is 4.74 Å². The standard InChI is InChI=1S/C7H6N4O3/c1-14-6-3-2-5(11(12)13)7-8-4-9-10(6)7/h2-4H,1H3. The predicted molar refractivity (Wildman–Crippen MR) is 46.2 cm³/mol. The minimum absolute atomic E-state index is 0.0942. The second kappa shape index (κ2) is 2.95. The van der Waals surface area contributed by atoms with Crippen molar-refractivity contribution < 1.29 is 9.66 Å². The van der Waals surface area contributed by atoms with Gasteiger partial charge in [-0.1, -0.05) is 0 Å². The Labute approximate surface area is 78.1 Å². The van der Waals surface area contributed by atoms with Crippen molar-refractivity contribution in [1.82, 2.24) is 14.6 Å². The van der Waals surface area contributed by atoms with E-state index in [1.807, 2.05) is 0 Å². The Morgan fingerprint density at radius 2 is 2.36 bits per heavy atom. The molecule has 0 saturated carbocycles. The monoisotopic (exact) mass is 194 g/mol. The molecule has 2 rings (SSSR count). The molecule has 7 nitrogen and oxygen atoms in total. The first-order valence-electron chi connectivity index (χ1n) is 3.75. The van der Waals surface area contributed by atoms with Crippen LogP contribution in [0.4, 0.5) is 5.69 Å². The summed E-state index contributed by atoms with van der Waals surface area (Å²) in [4.78, 5) is 13.9. The van der Waals surface area contributed by atoms with Crippen LogP contribution in [0.1, 0.15) is 0 Å². The maximum absolute atomic E-state index is 10.6. The van der Waals surface area contributed by atoms with Gasteiger partial charge >= 0.3 is 5.69 Å². The molecule has 0 aliphatic heterocycles. The fraction of sp³-hybridized carbons (Fsp3) is 0.143. The number of hydrogen-bond acceptors (Lipinski definition) is 5. The lowest BCUT2D eigenvalue weighted by molar-refractivity contribution is -0.383. The molecule has 0 aliphatic carbocycles. The van der Waals surface area contributed by atoms with E-state index in [2.05, 4.69) is 10.1 Å². The molecule has 0 aliphatic rings. The molecule has 0 saturated heterocycles. The van der Waals surface area contributed by atoms with Crippen molar-refractivity contribution in [2.24, 2.45) is 0 Å². The highest BCUT2D eigenvalue weighted by Crippen LogP contribution is 2.21. The molecular weight excluding hydrogens is 188 g/mol. The maximum atomic E-state index is 10.6. The number of nitrogens with zero attached hydrogens (tertiary/aromatic N) is 4. The number of ether oxygens (including phenoxy) is 1. The van der Waals surface area contributed by atoms with E-state index in [4.69, 9.17) is 4.74 Å². The SMILES string of the molecule is COc1ccc([N+](=O)[O-])c2ncnn12. The fourth-order valence-corrected chi connectivity index (χ4v) is 1.17. The zero-order valence-electron chi connectivity index (χ0n) is 7.25. The lowest BCUT2D eigenvalue weighted by Crippen LogP contribution is -1.99. The Morgan fingerprint density at radius 3 is 3.00 bits per heavy atom. The van der Waals surface area contributed by atoms with Gasteiger partial charge in [0.15, 0.2) is 0 Å². The quantitative estimate of drug-likeness (QED) is 0.517. The molecule has 0 atom stereocenters. The third-order valence-electron chi connectivity index (χ3n) is 1.78. The Kier molecular flexibility index (Phi) is 1.77. The van der Waals surface area contributed by atoms with E-state index < -0.39 is 4.92 Å².